The van der Waals surface area contributed by atoms with Gasteiger partial charge in [0.1, 0.15) is 5.54 Å². The molecule has 6 heteroatoms. The van der Waals surface area contributed by atoms with Crippen molar-refractivity contribution in [3.63, 3.8) is 0 Å². The van der Waals surface area contributed by atoms with Gasteiger partial charge in [-0.2, -0.15) is 0 Å². The van der Waals surface area contributed by atoms with Crippen LogP contribution in [0.2, 0.25) is 0 Å². The Morgan fingerprint density at radius 3 is 2.61 bits per heavy atom. The summed E-state index contributed by atoms with van der Waals surface area (Å²) >= 11 is 0. The van der Waals surface area contributed by atoms with E-state index < -0.39 is 16.8 Å². The standard InChI is InChI=1S/C17H25FN2O3/c1-5-22-13-8-7-11(9-12(13)18)20-15(21)17(19)10-14(23-6-2)16(17,3)4/h7-9,14H,5-6,10,19H2,1-4H3,(H,20,21). The monoisotopic (exact) mass is 324 g/mol. The Morgan fingerprint density at radius 2 is 2.09 bits per heavy atom. The Bertz CT molecular complexity index is 591. The largest absolute Gasteiger partial charge is 0.491 e. The average molecular weight is 324 g/mol. The molecule has 1 amide bonds. The molecule has 0 spiro atoms. The lowest BCUT2D eigenvalue weighted by Gasteiger charge is -2.57. The first-order valence-electron chi connectivity index (χ1n) is 7.90. The predicted molar refractivity (Wildman–Crippen MR) is 86.9 cm³/mol. The molecule has 0 radical (unpaired) electrons. The van der Waals surface area contributed by atoms with E-state index >= 15 is 0 Å². The summed E-state index contributed by atoms with van der Waals surface area (Å²) in [5.74, 6) is -0.689. The van der Waals surface area contributed by atoms with Crippen molar-refractivity contribution in [3.8, 4) is 5.75 Å². The second kappa shape index (κ2) is 6.45. The van der Waals surface area contributed by atoms with E-state index in [4.69, 9.17) is 15.2 Å². The van der Waals surface area contributed by atoms with Gasteiger partial charge in [0.25, 0.3) is 0 Å². The van der Waals surface area contributed by atoms with Gasteiger partial charge in [0.2, 0.25) is 5.91 Å². The fourth-order valence-electron chi connectivity index (χ4n) is 2.91. The molecule has 0 saturated heterocycles. The van der Waals surface area contributed by atoms with Crippen LogP contribution in [0.4, 0.5) is 10.1 Å². The number of carbonyl (C=O) groups excluding carboxylic acids is 1. The highest BCUT2D eigenvalue weighted by Gasteiger charge is 2.62. The molecule has 5 nitrogen and oxygen atoms in total. The topological polar surface area (TPSA) is 73.6 Å². The molecule has 2 rings (SSSR count). The minimum absolute atomic E-state index is 0.0553. The molecule has 1 aromatic rings. The maximum atomic E-state index is 13.9. The highest BCUT2D eigenvalue weighted by molar-refractivity contribution is 5.99. The van der Waals surface area contributed by atoms with Crippen molar-refractivity contribution < 1.29 is 18.7 Å². The Morgan fingerprint density at radius 1 is 1.39 bits per heavy atom. The van der Waals surface area contributed by atoms with E-state index in [2.05, 4.69) is 5.32 Å². The third kappa shape index (κ3) is 3.05. The van der Waals surface area contributed by atoms with Gasteiger partial charge in [-0.05, 0) is 26.0 Å². The van der Waals surface area contributed by atoms with Gasteiger partial charge in [0.05, 0.1) is 12.7 Å². The third-order valence-electron chi connectivity index (χ3n) is 4.72. The highest BCUT2D eigenvalue weighted by atomic mass is 19.1. The highest BCUT2D eigenvalue weighted by Crippen LogP contribution is 2.50. The van der Waals surface area contributed by atoms with Crippen LogP contribution in [0.5, 0.6) is 5.75 Å². The minimum atomic E-state index is -1.04. The molecule has 1 aliphatic carbocycles. The number of benzene rings is 1. The number of ether oxygens (including phenoxy) is 2. The molecule has 0 aliphatic heterocycles. The van der Waals surface area contributed by atoms with E-state index in [-0.39, 0.29) is 17.8 Å². The van der Waals surface area contributed by atoms with E-state index in [9.17, 15) is 9.18 Å². The van der Waals surface area contributed by atoms with E-state index in [1.54, 1.807) is 13.0 Å². The van der Waals surface area contributed by atoms with Gasteiger partial charge >= 0.3 is 0 Å². The number of hydrogen-bond donors (Lipinski definition) is 2. The van der Waals surface area contributed by atoms with Crippen LogP contribution in [-0.4, -0.2) is 30.8 Å². The van der Waals surface area contributed by atoms with Crippen LogP contribution in [0.15, 0.2) is 18.2 Å². The van der Waals surface area contributed by atoms with Crippen LogP contribution < -0.4 is 15.8 Å². The molecule has 2 atom stereocenters. The first-order chi connectivity index (χ1) is 10.8. The number of hydrogen-bond acceptors (Lipinski definition) is 4. The van der Waals surface area contributed by atoms with Crippen molar-refractivity contribution in [3.05, 3.63) is 24.0 Å². The first-order valence-corrected chi connectivity index (χ1v) is 7.90. The maximum Gasteiger partial charge on any atom is 0.245 e. The summed E-state index contributed by atoms with van der Waals surface area (Å²) in [7, 11) is 0. The molecule has 1 fully saturated rings. The third-order valence-corrected chi connectivity index (χ3v) is 4.72. The lowest BCUT2D eigenvalue weighted by molar-refractivity contribution is -0.166. The van der Waals surface area contributed by atoms with Crippen molar-refractivity contribution in [2.45, 2.75) is 45.8 Å². The van der Waals surface area contributed by atoms with Gasteiger partial charge in [-0.3, -0.25) is 4.79 Å². The minimum Gasteiger partial charge on any atom is -0.491 e. The number of nitrogens with two attached hydrogens (primary N) is 1. The summed E-state index contributed by atoms with van der Waals surface area (Å²) in [5.41, 5.74) is 5.13. The number of rotatable bonds is 6. The van der Waals surface area contributed by atoms with Gasteiger partial charge in [-0.15, -0.1) is 0 Å². The number of carbonyl (C=O) groups is 1. The lowest BCUT2D eigenvalue weighted by atomic mass is 9.54. The molecule has 128 valence electrons. The summed E-state index contributed by atoms with van der Waals surface area (Å²) in [4.78, 5) is 12.6. The van der Waals surface area contributed by atoms with Gasteiger partial charge in [-0.25, -0.2) is 4.39 Å². The van der Waals surface area contributed by atoms with E-state index in [1.807, 2.05) is 20.8 Å². The molecule has 0 aromatic heterocycles. The average Bonchev–Trinajstić information content (AvgIpc) is 2.49. The van der Waals surface area contributed by atoms with Crippen LogP contribution in [0.1, 0.15) is 34.1 Å². The number of amides is 1. The number of anilines is 1. The van der Waals surface area contributed by atoms with Crippen molar-refractivity contribution in [1.82, 2.24) is 0 Å². The van der Waals surface area contributed by atoms with Gasteiger partial charge < -0.3 is 20.5 Å². The molecule has 0 heterocycles. The fraction of sp³-hybridized carbons (Fsp3) is 0.588. The molecule has 0 bridgehead atoms. The summed E-state index contributed by atoms with van der Waals surface area (Å²) in [6.45, 7) is 8.47. The smallest absolute Gasteiger partial charge is 0.245 e. The van der Waals surface area contributed by atoms with Crippen LogP contribution >= 0.6 is 0 Å². The molecular formula is C17H25FN2O3. The quantitative estimate of drug-likeness (QED) is 0.844. The number of nitrogens with one attached hydrogen (secondary N) is 1. The van der Waals surface area contributed by atoms with Crippen molar-refractivity contribution >= 4 is 11.6 Å². The first kappa shape index (κ1) is 17.7. The van der Waals surface area contributed by atoms with Crippen molar-refractivity contribution in [2.24, 2.45) is 11.1 Å². The SMILES string of the molecule is CCOc1ccc(NC(=O)C2(N)CC(OCC)C2(C)C)cc1F. The Balaban J connectivity index is 2.09. The molecular weight excluding hydrogens is 299 g/mol. The van der Waals surface area contributed by atoms with E-state index in [0.29, 0.717) is 25.3 Å². The zero-order valence-corrected chi connectivity index (χ0v) is 14.1. The summed E-state index contributed by atoms with van der Waals surface area (Å²) in [5, 5.41) is 2.70. The van der Waals surface area contributed by atoms with Crippen LogP contribution in [0.25, 0.3) is 0 Å². The maximum absolute atomic E-state index is 13.9. The van der Waals surface area contributed by atoms with Gasteiger partial charge in [0, 0.05) is 30.2 Å². The summed E-state index contributed by atoms with van der Waals surface area (Å²) in [6.07, 6.45) is 0.388. The van der Waals surface area contributed by atoms with Crippen molar-refractivity contribution in [1.29, 1.82) is 0 Å². The normalized spacial score (nSPS) is 25.6. The molecule has 1 saturated carbocycles. The summed E-state index contributed by atoms with van der Waals surface area (Å²) < 4.78 is 24.6. The molecule has 2 unspecified atom stereocenters. The Labute approximate surface area is 136 Å². The summed E-state index contributed by atoms with van der Waals surface area (Å²) in [6, 6.07) is 4.32. The van der Waals surface area contributed by atoms with Crippen molar-refractivity contribution in [2.75, 3.05) is 18.5 Å². The predicted octanol–water partition coefficient (Wildman–Crippen LogP) is 2.70. The number of halogens is 1. The Hall–Kier alpha value is -1.66. The molecule has 1 aliphatic rings. The Kier molecular flexibility index (Phi) is 4.96. The molecule has 1 aromatic carbocycles. The van der Waals surface area contributed by atoms with E-state index in [1.165, 1.54) is 12.1 Å². The fourth-order valence-corrected chi connectivity index (χ4v) is 2.91. The van der Waals surface area contributed by atoms with Crippen LogP contribution in [0.3, 0.4) is 0 Å². The van der Waals surface area contributed by atoms with Crippen LogP contribution in [-0.2, 0) is 9.53 Å². The van der Waals surface area contributed by atoms with Gasteiger partial charge in [0.15, 0.2) is 11.6 Å². The van der Waals surface area contributed by atoms with Crippen LogP contribution in [0, 0.1) is 11.2 Å². The zero-order chi connectivity index (χ0) is 17.3. The zero-order valence-electron chi connectivity index (χ0n) is 14.1. The van der Waals surface area contributed by atoms with E-state index in [0.717, 1.165) is 0 Å². The second-order valence-corrected chi connectivity index (χ2v) is 6.37. The van der Waals surface area contributed by atoms with Gasteiger partial charge in [-0.1, -0.05) is 13.8 Å². The molecule has 23 heavy (non-hydrogen) atoms. The lowest BCUT2D eigenvalue weighted by Crippen LogP contribution is -2.74. The molecule has 3 N–H and O–H groups in total. The second-order valence-electron chi connectivity index (χ2n) is 6.37.